The van der Waals surface area contributed by atoms with Crippen molar-refractivity contribution in [2.45, 2.75) is 66.7 Å². The third kappa shape index (κ3) is 2.80. The van der Waals surface area contributed by atoms with Crippen LogP contribution in [0.25, 0.3) is 0 Å². The summed E-state index contributed by atoms with van der Waals surface area (Å²) in [6, 6.07) is 0. The van der Waals surface area contributed by atoms with E-state index < -0.39 is 0 Å². The topological polar surface area (TPSA) is 26.3 Å². The molecule has 2 fully saturated rings. The van der Waals surface area contributed by atoms with Gasteiger partial charge in [-0.25, -0.2) is 4.79 Å². The van der Waals surface area contributed by atoms with Crippen LogP contribution in [0.3, 0.4) is 0 Å². The van der Waals surface area contributed by atoms with Crippen molar-refractivity contribution in [3.05, 3.63) is 11.1 Å². The number of carbonyl (C=O) groups is 1. The molecule has 0 saturated heterocycles. The minimum atomic E-state index is -0.109. The van der Waals surface area contributed by atoms with Gasteiger partial charge in [-0.1, -0.05) is 26.3 Å². The van der Waals surface area contributed by atoms with Crippen molar-refractivity contribution in [3.63, 3.8) is 0 Å². The van der Waals surface area contributed by atoms with E-state index in [4.69, 9.17) is 4.74 Å². The molecule has 0 aliphatic heterocycles. The van der Waals surface area contributed by atoms with Crippen molar-refractivity contribution >= 4 is 5.97 Å². The number of hydrogen-bond donors (Lipinski definition) is 0. The number of rotatable bonds is 2. The van der Waals surface area contributed by atoms with Gasteiger partial charge in [0.05, 0.1) is 6.61 Å². The largest absolute Gasteiger partial charge is 0.463 e. The Kier molecular flexibility index (Phi) is 4.61. The molecule has 0 heterocycles. The van der Waals surface area contributed by atoms with Crippen LogP contribution in [0.5, 0.6) is 0 Å². The van der Waals surface area contributed by atoms with Gasteiger partial charge < -0.3 is 4.74 Å². The highest BCUT2D eigenvalue weighted by Gasteiger charge is 2.45. The van der Waals surface area contributed by atoms with Crippen molar-refractivity contribution in [2.24, 2.45) is 23.2 Å². The molecule has 2 aliphatic carbocycles. The van der Waals surface area contributed by atoms with Crippen LogP contribution in [0.4, 0.5) is 0 Å². The lowest BCUT2D eigenvalue weighted by Gasteiger charge is -2.51. The predicted molar refractivity (Wildman–Crippen MR) is 82.3 cm³/mol. The summed E-state index contributed by atoms with van der Waals surface area (Å²) in [4.78, 5) is 11.9. The number of allylic oxidation sites excluding steroid dienone is 1. The second kappa shape index (κ2) is 5.91. The zero-order valence-electron chi connectivity index (χ0n) is 13.8. The molecular weight excluding hydrogens is 248 g/mol. The average Bonchev–Trinajstić information content (AvgIpc) is 2.42. The second-order valence-electron chi connectivity index (χ2n) is 7.36. The normalized spacial score (nSPS) is 35.1. The van der Waals surface area contributed by atoms with Crippen LogP contribution < -0.4 is 0 Å². The predicted octanol–water partition coefficient (Wildman–Crippen LogP) is 4.74. The van der Waals surface area contributed by atoms with Gasteiger partial charge in [-0.2, -0.15) is 0 Å². The van der Waals surface area contributed by atoms with Crippen molar-refractivity contribution in [3.8, 4) is 0 Å². The fraction of sp³-hybridized carbons (Fsp3) is 0.833. The van der Waals surface area contributed by atoms with Crippen LogP contribution in [0.1, 0.15) is 66.7 Å². The summed E-state index contributed by atoms with van der Waals surface area (Å²) in [5, 5.41) is 0. The van der Waals surface area contributed by atoms with Gasteiger partial charge in [0.15, 0.2) is 0 Å². The summed E-state index contributed by atoms with van der Waals surface area (Å²) in [5.74, 6) is 2.27. The molecule has 2 heteroatoms. The molecule has 3 atom stereocenters. The summed E-state index contributed by atoms with van der Waals surface area (Å²) in [6.45, 7) is 11.5. The van der Waals surface area contributed by atoms with Crippen LogP contribution in [-0.4, -0.2) is 12.6 Å². The maximum absolute atomic E-state index is 11.9. The van der Waals surface area contributed by atoms with E-state index in [0.29, 0.717) is 12.0 Å². The molecule has 0 bridgehead atoms. The van der Waals surface area contributed by atoms with Gasteiger partial charge in [0.1, 0.15) is 0 Å². The minimum Gasteiger partial charge on any atom is -0.463 e. The number of hydrogen-bond acceptors (Lipinski definition) is 2. The van der Waals surface area contributed by atoms with Crippen LogP contribution in [0.15, 0.2) is 11.1 Å². The number of esters is 1. The maximum Gasteiger partial charge on any atom is 0.333 e. The molecule has 114 valence electrons. The van der Waals surface area contributed by atoms with E-state index in [9.17, 15) is 4.79 Å². The summed E-state index contributed by atoms with van der Waals surface area (Å²) < 4.78 is 5.17. The summed E-state index contributed by atoms with van der Waals surface area (Å²) in [5.41, 5.74) is 2.62. The first-order valence-electron chi connectivity index (χ1n) is 8.23. The lowest BCUT2D eigenvalue weighted by Crippen LogP contribution is -2.42. The second-order valence-corrected chi connectivity index (χ2v) is 7.36. The Labute approximate surface area is 124 Å². The Bertz CT molecular complexity index is 406. The molecule has 0 aromatic heterocycles. The van der Waals surface area contributed by atoms with Crippen molar-refractivity contribution in [2.75, 3.05) is 6.61 Å². The van der Waals surface area contributed by atoms with Crippen molar-refractivity contribution < 1.29 is 9.53 Å². The average molecular weight is 278 g/mol. The fourth-order valence-electron chi connectivity index (χ4n) is 4.24. The molecule has 0 aromatic carbocycles. The van der Waals surface area contributed by atoms with E-state index in [0.717, 1.165) is 36.2 Å². The van der Waals surface area contributed by atoms with E-state index in [1.54, 1.807) is 0 Å². The van der Waals surface area contributed by atoms with E-state index in [2.05, 4.69) is 20.8 Å². The Morgan fingerprint density at radius 2 is 2.00 bits per heavy atom. The first kappa shape index (κ1) is 15.6. The lowest BCUT2D eigenvalue weighted by molar-refractivity contribution is -0.138. The van der Waals surface area contributed by atoms with Crippen molar-refractivity contribution in [1.29, 1.82) is 0 Å². The van der Waals surface area contributed by atoms with E-state index in [1.807, 2.05) is 13.8 Å². The number of carbonyl (C=O) groups excluding carboxylic acids is 1. The highest BCUT2D eigenvalue weighted by Crippen LogP contribution is 2.54. The molecule has 20 heavy (non-hydrogen) atoms. The van der Waals surface area contributed by atoms with Crippen molar-refractivity contribution in [1.82, 2.24) is 0 Å². The standard InChI is InChI=1S/C18H30O2/c1-6-20-17(19)13(3)15-10-9-14-8-7-12(2)18(4,5)16(14)11-15/h12,14,16H,6-11H2,1-5H3/b15-13+/t12-,14+,16+/m0/s1. The molecule has 0 spiro atoms. The van der Waals surface area contributed by atoms with E-state index in [1.165, 1.54) is 24.8 Å². The Morgan fingerprint density at radius 3 is 2.65 bits per heavy atom. The molecular formula is C18H30O2. The molecule has 2 aliphatic rings. The van der Waals surface area contributed by atoms with Gasteiger partial charge in [0, 0.05) is 5.57 Å². The molecule has 0 N–H and O–H groups in total. The monoisotopic (exact) mass is 278 g/mol. The van der Waals surface area contributed by atoms with Crippen LogP contribution >= 0.6 is 0 Å². The Morgan fingerprint density at radius 1 is 1.30 bits per heavy atom. The highest BCUT2D eigenvalue weighted by molar-refractivity contribution is 5.88. The fourth-order valence-corrected chi connectivity index (χ4v) is 4.24. The summed E-state index contributed by atoms with van der Waals surface area (Å²) >= 11 is 0. The van der Waals surface area contributed by atoms with Crippen LogP contribution in [-0.2, 0) is 9.53 Å². The van der Waals surface area contributed by atoms with Gasteiger partial charge >= 0.3 is 5.97 Å². The zero-order chi connectivity index (χ0) is 14.9. The van der Waals surface area contributed by atoms with E-state index in [-0.39, 0.29) is 5.97 Å². The van der Waals surface area contributed by atoms with Gasteiger partial charge in [-0.3, -0.25) is 0 Å². The third-order valence-corrected chi connectivity index (χ3v) is 6.16. The first-order valence-corrected chi connectivity index (χ1v) is 8.23. The van der Waals surface area contributed by atoms with Gasteiger partial charge in [0.2, 0.25) is 0 Å². The Hall–Kier alpha value is -0.790. The number of fused-ring (bicyclic) bond motifs is 1. The Balaban J connectivity index is 2.19. The van der Waals surface area contributed by atoms with Gasteiger partial charge in [-0.05, 0) is 69.1 Å². The molecule has 0 aromatic rings. The van der Waals surface area contributed by atoms with Gasteiger partial charge in [0.25, 0.3) is 0 Å². The first-order chi connectivity index (χ1) is 9.37. The maximum atomic E-state index is 11.9. The molecule has 2 saturated carbocycles. The quantitative estimate of drug-likeness (QED) is 0.539. The molecule has 2 rings (SSSR count). The lowest BCUT2D eigenvalue weighted by atomic mass is 9.54. The van der Waals surface area contributed by atoms with Crippen LogP contribution in [0, 0.1) is 23.2 Å². The molecule has 0 amide bonds. The molecule has 0 radical (unpaired) electrons. The summed E-state index contributed by atoms with van der Waals surface area (Å²) in [7, 11) is 0. The van der Waals surface area contributed by atoms with Gasteiger partial charge in [-0.15, -0.1) is 0 Å². The van der Waals surface area contributed by atoms with E-state index >= 15 is 0 Å². The smallest absolute Gasteiger partial charge is 0.333 e. The minimum absolute atomic E-state index is 0.109. The third-order valence-electron chi connectivity index (χ3n) is 6.16. The zero-order valence-corrected chi connectivity index (χ0v) is 13.8. The molecule has 2 nitrogen and oxygen atoms in total. The SMILES string of the molecule is CCOC(=O)/C(C)=C1\CC[C@H]2CC[C@H](C)C(C)(C)[C@@H]2C1. The molecule has 0 unspecified atom stereocenters. The van der Waals surface area contributed by atoms with Crippen LogP contribution in [0.2, 0.25) is 0 Å². The highest BCUT2D eigenvalue weighted by atomic mass is 16.5. The number of ether oxygens (including phenoxy) is 1. The summed E-state index contributed by atoms with van der Waals surface area (Å²) in [6.07, 6.45) is 6.20.